The van der Waals surface area contributed by atoms with E-state index in [2.05, 4.69) is 0 Å². The number of para-hydroxylation sites is 3. The molecule has 5 nitrogen and oxygen atoms in total. The van der Waals surface area contributed by atoms with Gasteiger partial charge in [0, 0.05) is 18.1 Å². The van der Waals surface area contributed by atoms with Gasteiger partial charge >= 0.3 is 5.69 Å². The van der Waals surface area contributed by atoms with Crippen molar-refractivity contribution in [3.8, 4) is 11.5 Å². The first-order chi connectivity index (χ1) is 9.22. The predicted octanol–water partition coefficient (Wildman–Crippen LogP) is 3.13. The second kappa shape index (κ2) is 5.77. The average Bonchev–Trinajstić information content (AvgIpc) is 2.42. The van der Waals surface area contributed by atoms with Crippen molar-refractivity contribution in [3.63, 3.8) is 0 Å². The molecule has 0 aliphatic rings. The van der Waals surface area contributed by atoms with Crippen LogP contribution in [0.2, 0.25) is 0 Å². The number of carbonyl (C=O) groups is 1. The third-order valence-electron chi connectivity index (χ3n) is 2.56. The first-order valence-corrected chi connectivity index (χ1v) is 5.65. The molecule has 0 aliphatic carbocycles. The van der Waals surface area contributed by atoms with E-state index < -0.39 is 4.92 Å². The fourth-order valence-electron chi connectivity index (χ4n) is 1.67. The molecule has 2 aromatic rings. The number of hydrogen-bond donors (Lipinski definition) is 0. The highest BCUT2D eigenvalue weighted by atomic mass is 16.6. The average molecular weight is 257 g/mol. The summed E-state index contributed by atoms with van der Waals surface area (Å²) in [5.41, 5.74) is 0.582. The Hall–Kier alpha value is -2.69. The number of rotatable bonds is 5. The zero-order valence-corrected chi connectivity index (χ0v) is 9.98. The summed E-state index contributed by atoms with van der Waals surface area (Å²) in [4.78, 5) is 21.0. The molecule has 0 heterocycles. The fourth-order valence-corrected chi connectivity index (χ4v) is 1.67. The Labute approximate surface area is 109 Å². The van der Waals surface area contributed by atoms with Crippen LogP contribution in [0.1, 0.15) is 5.56 Å². The third kappa shape index (κ3) is 2.95. The summed E-state index contributed by atoms with van der Waals surface area (Å²) in [5, 5.41) is 10.9. The van der Waals surface area contributed by atoms with Crippen LogP contribution in [-0.2, 0) is 11.2 Å². The van der Waals surface area contributed by atoms with Crippen LogP contribution >= 0.6 is 0 Å². The minimum atomic E-state index is -0.502. The Bertz CT molecular complexity index is 610. The topological polar surface area (TPSA) is 69.4 Å². The van der Waals surface area contributed by atoms with Gasteiger partial charge in [0.2, 0.25) is 5.75 Å². The fraction of sp³-hybridized carbons (Fsp3) is 0.0714. The molecular weight excluding hydrogens is 246 g/mol. The molecule has 5 heteroatoms. The molecule has 0 saturated heterocycles. The van der Waals surface area contributed by atoms with Crippen molar-refractivity contribution in [1.82, 2.24) is 0 Å². The monoisotopic (exact) mass is 257 g/mol. The smallest absolute Gasteiger partial charge is 0.311 e. The van der Waals surface area contributed by atoms with E-state index in [-0.39, 0.29) is 17.9 Å². The number of nitro groups is 1. The van der Waals surface area contributed by atoms with E-state index in [1.54, 1.807) is 36.4 Å². The van der Waals surface area contributed by atoms with Gasteiger partial charge in [-0.25, -0.2) is 0 Å². The molecular formula is C14H11NO4. The summed E-state index contributed by atoms with van der Waals surface area (Å²) in [7, 11) is 0. The third-order valence-corrected chi connectivity index (χ3v) is 2.56. The van der Waals surface area contributed by atoms with Crippen molar-refractivity contribution in [3.05, 3.63) is 64.2 Å². The van der Waals surface area contributed by atoms with Crippen molar-refractivity contribution in [2.75, 3.05) is 0 Å². The summed E-state index contributed by atoms with van der Waals surface area (Å²) < 4.78 is 5.55. The molecule has 0 amide bonds. The molecule has 96 valence electrons. The number of carbonyl (C=O) groups excluding carboxylic acids is 1. The summed E-state index contributed by atoms with van der Waals surface area (Å²) >= 11 is 0. The Morgan fingerprint density at radius 3 is 2.37 bits per heavy atom. The van der Waals surface area contributed by atoms with E-state index in [1.165, 1.54) is 12.1 Å². The van der Waals surface area contributed by atoms with Gasteiger partial charge in [-0.2, -0.15) is 0 Å². The molecule has 0 spiro atoms. The maximum Gasteiger partial charge on any atom is 0.311 e. The van der Waals surface area contributed by atoms with Crippen LogP contribution in [-0.4, -0.2) is 11.2 Å². The van der Waals surface area contributed by atoms with Crippen LogP contribution in [0.3, 0.4) is 0 Å². The van der Waals surface area contributed by atoms with Crippen LogP contribution < -0.4 is 4.74 Å². The highest BCUT2D eigenvalue weighted by molar-refractivity contribution is 5.58. The van der Waals surface area contributed by atoms with Gasteiger partial charge in [0.25, 0.3) is 0 Å². The minimum Gasteiger partial charge on any atom is -0.450 e. The summed E-state index contributed by atoms with van der Waals surface area (Å²) in [6.07, 6.45) is 0.971. The zero-order valence-electron chi connectivity index (χ0n) is 9.98. The number of benzene rings is 2. The molecule has 2 aromatic carbocycles. The maximum absolute atomic E-state index is 10.9. The molecule has 0 unspecified atom stereocenters. The van der Waals surface area contributed by atoms with Gasteiger partial charge in [0.1, 0.15) is 12.0 Å². The van der Waals surface area contributed by atoms with Crippen LogP contribution in [0.25, 0.3) is 0 Å². The molecule has 0 radical (unpaired) electrons. The molecule has 0 aromatic heterocycles. The van der Waals surface area contributed by atoms with Crippen LogP contribution in [0.15, 0.2) is 48.5 Å². The predicted molar refractivity (Wildman–Crippen MR) is 69.4 cm³/mol. The first-order valence-electron chi connectivity index (χ1n) is 5.65. The molecule has 0 saturated carbocycles. The Balaban J connectivity index is 2.36. The normalized spacial score (nSPS) is 9.89. The maximum atomic E-state index is 10.9. The van der Waals surface area contributed by atoms with Crippen molar-refractivity contribution in [2.24, 2.45) is 0 Å². The van der Waals surface area contributed by atoms with Crippen LogP contribution in [0.4, 0.5) is 5.69 Å². The largest absolute Gasteiger partial charge is 0.450 e. The Kier molecular flexibility index (Phi) is 3.87. The van der Waals surface area contributed by atoms with Gasteiger partial charge in [-0.1, -0.05) is 30.3 Å². The summed E-state index contributed by atoms with van der Waals surface area (Å²) in [6.45, 7) is 0. The second-order valence-corrected chi connectivity index (χ2v) is 3.81. The summed E-state index contributed by atoms with van der Waals surface area (Å²) in [5.74, 6) is 0.606. The van der Waals surface area contributed by atoms with Crippen molar-refractivity contribution < 1.29 is 14.5 Å². The number of ether oxygens (including phenoxy) is 1. The lowest BCUT2D eigenvalue weighted by atomic mass is 10.1. The van der Waals surface area contributed by atoms with Gasteiger partial charge < -0.3 is 9.53 Å². The highest BCUT2D eigenvalue weighted by Crippen LogP contribution is 2.32. The van der Waals surface area contributed by atoms with E-state index in [9.17, 15) is 14.9 Å². The van der Waals surface area contributed by atoms with Gasteiger partial charge in [0.15, 0.2) is 0 Å². The molecule has 0 aliphatic heterocycles. The number of nitrogens with zero attached hydrogens (tertiary/aromatic N) is 1. The van der Waals surface area contributed by atoms with Gasteiger partial charge in [-0.05, 0) is 12.1 Å². The van der Waals surface area contributed by atoms with E-state index in [0.29, 0.717) is 11.3 Å². The molecule has 19 heavy (non-hydrogen) atoms. The van der Waals surface area contributed by atoms with Crippen LogP contribution in [0.5, 0.6) is 11.5 Å². The quantitative estimate of drug-likeness (QED) is 0.468. The Morgan fingerprint density at radius 1 is 1.05 bits per heavy atom. The van der Waals surface area contributed by atoms with Crippen LogP contribution in [0, 0.1) is 10.1 Å². The summed E-state index contributed by atoms with van der Waals surface area (Å²) in [6, 6.07) is 13.1. The minimum absolute atomic E-state index is 0.108. The molecule has 0 atom stereocenters. The van der Waals surface area contributed by atoms with E-state index in [0.717, 1.165) is 6.29 Å². The van der Waals surface area contributed by atoms with Gasteiger partial charge in [-0.3, -0.25) is 10.1 Å². The van der Waals surface area contributed by atoms with Crippen molar-refractivity contribution in [1.29, 1.82) is 0 Å². The lowest BCUT2D eigenvalue weighted by Gasteiger charge is -2.09. The number of nitro benzene ring substituents is 1. The molecule has 0 bridgehead atoms. The van der Waals surface area contributed by atoms with E-state index >= 15 is 0 Å². The zero-order chi connectivity index (χ0) is 13.7. The Morgan fingerprint density at radius 2 is 1.68 bits per heavy atom. The molecule has 0 N–H and O–H groups in total. The lowest BCUT2D eigenvalue weighted by molar-refractivity contribution is -0.385. The SMILES string of the molecule is O=CCc1ccccc1Oc1ccccc1[N+](=O)[O-]. The second-order valence-electron chi connectivity index (χ2n) is 3.81. The van der Waals surface area contributed by atoms with Crippen molar-refractivity contribution >= 4 is 12.0 Å². The molecule has 0 fully saturated rings. The standard InChI is InChI=1S/C14H11NO4/c16-10-9-11-5-1-3-7-13(11)19-14-8-4-2-6-12(14)15(17)18/h1-8,10H,9H2. The lowest BCUT2D eigenvalue weighted by Crippen LogP contribution is -1.96. The van der Waals surface area contributed by atoms with Gasteiger partial charge in [-0.15, -0.1) is 0 Å². The highest BCUT2D eigenvalue weighted by Gasteiger charge is 2.15. The number of hydrogen-bond acceptors (Lipinski definition) is 4. The first kappa shape index (κ1) is 12.8. The van der Waals surface area contributed by atoms with E-state index in [1.807, 2.05) is 0 Å². The number of aldehydes is 1. The van der Waals surface area contributed by atoms with Gasteiger partial charge in [0.05, 0.1) is 4.92 Å². The molecule has 2 rings (SSSR count). The van der Waals surface area contributed by atoms with E-state index in [4.69, 9.17) is 4.74 Å². The van der Waals surface area contributed by atoms with Crippen molar-refractivity contribution in [2.45, 2.75) is 6.42 Å².